The van der Waals surface area contributed by atoms with Crippen LogP contribution in [0.3, 0.4) is 0 Å². The van der Waals surface area contributed by atoms with Gasteiger partial charge in [-0.15, -0.1) is 0 Å². The van der Waals surface area contributed by atoms with Gasteiger partial charge >= 0.3 is 5.97 Å². The zero-order valence-corrected chi connectivity index (χ0v) is 17.3. The molecule has 162 valence electrons. The van der Waals surface area contributed by atoms with E-state index in [0.717, 1.165) is 0 Å². The van der Waals surface area contributed by atoms with E-state index in [9.17, 15) is 19.2 Å². The van der Waals surface area contributed by atoms with Crippen LogP contribution >= 0.6 is 0 Å². The summed E-state index contributed by atoms with van der Waals surface area (Å²) >= 11 is 0. The highest BCUT2D eigenvalue weighted by atomic mass is 16.6. The summed E-state index contributed by atoms with van der Waals surface area (Å²) in [6.07, 6.45) is -1.19. The first-order chi connectivity index (χ1) is 14.8. The van der Waals surface area contributed by atoms with Gasteiger partial charge in [0.2, 0.25) is 11.7 Å². The van der Waals surface area contributed by atoms with Gasteiger partial charge in [-0.3, -0.25) is 19.2 Å². The summed E-state index contributed by atoms with van der Waals surface area (Å²) in [7, 11) is 0. The second-order valence-corrected chi connectivity index (χ2v) is 7.04. The van der Waals surface area contributed by atoms with Crippen LogP contribution < -0.4 is 14.8 Å². The van der Waals surface area contributed by atoms with Crippen LogP contribution in [-0.2, 0) is 14.3 Å². The van der Waals surface area contributed by atoms with Crippen molar-refractivity contribution in [2.45, 2.75) is 32.8 Å². The van der Waals surface area contributed by atoms with Crippen LogP contribution in [0.25, 0.3) is 0 Å². The predicted molar refractivity (Wildman–Crippen MR) is 112 cm³/mol. The third-order valence-electron chi connectivity index (χ3n) is 4.59. The van der Waals surface area contributed by atoms with E-state index in [0.29, 0.717) is 41.5 Å². The van der Waals surface area contributed by atoms with E-state index in [2.05, 4.69) is 5.32 Å². The fourth-order valence-corrected chi connectivity index (χ4v) is 3.04. The lowest BCUT2D eigenvalue weighted by atomic mass is 10.1. The number of rotatable bonds is 8. The number of Topliss-reactive ketones (excluding diaryl/α,β-unsaturated/α-hetero) is 2. The van der Waals surface area contributed by atoms with Gasteiger partial charge in [0.25, 0.3) is 0 Å². The summed E-state index contributed by atoms with van der Waals surface area (Å²) in [5.41, 5.74) is 1.33. The van der Waals surface area contributed by atoms with E-state index in [1.54, 1.807) is 42.5 Å². The molecule has 0 fully saturated rings. The van der Waals surface area contributed by atoms with E-state index in [4.69, 9.17) is 14.2 Å². The number of ketones is 2. The Bertz CT molecular complexity index is 997. The molecule has 2 aromatic rings. The Morgan fingerprint density at radius 3 is 2.26 bits per heavy atom. The minimum Gasteiger partial charge on any atom is -0.486 e. The van der Waals surface area contributed by atoms with Gasteiger partial charge in [-0.2, -0.15) is 0 Å². The Balaban J connectivity index is 1.50. The van der Waals surface area contributed by atoms with Crippen molar-refractivity contribution >= 4 is 29.1 Å². The minimum atomic E-state index is -0.997. The summed E-state index contributed by atoms with van der Waals surface area (Å²) < 4.78 is 16.1. The second kappa shape index (κ2) is 9.88. The maximum atomic E-state index is 12.5. The number of benzene rings is 2. The van der Waals surface area contributed by atoms with Crippen molar-refractivity contribution in [2.75, 3.05) is 18.5 Å². The average Bonchev–Trinajstić information content (AvgIpc) is 2.76. The Kier molecular flexibility index (Phi) is 7.02. The zero-order chi connectivity index (χ0) is 22.4. The maximum absolute atomic E-state index is 12.5. The highest BCUT2D eigenvalue weighted by Gasteiger charge is 2.21. The van der Waals surface area contributed by atoms with Crippen molar-refractivity contribution in [1.82, 2.24) is 0 Å². The number of ether oxygens (including phenoxy) is 3. The van der Waals surface area contributed by atoms with E-state index in [-0.39, 0.29) is 30.3 Å². The number of carbonyl (C=O) groups is 4. The first kappa shape index (κ1) is 22.0. The van der Waals surface area contributed by atoms with Crippen LogP contribution in [0, 0.1) is 0 Å². The molecule has 2 aromatic carbocycles. The molecule has 3 rings (SSSR count). The molecule has 0 radical (unpaired) electrons. The molecule has 1 aliphatic rings. The van der Waals surface area contributed by atoms with Crippen LogP contribution in [0.1, 0.15) is 47.4 Å². The average molecular weight is 425 g/mol. The molecule has 8 nitrogen and oxygen atoms in total. The van der Waals surface area contributed by atoms with Crippen molar-refractivity contribution in [3.8, 4) is 11.5 Å². The van der Waals surface area contributed by atoms with E-state index in [1.807, 2.05) is 0 Å². The van der Waals surface area contributed by atoms with Crippen LogP contribution in [0.2, 0.25) is 0 Å². The van der Waals surface area contributed by atoms with Crippen molar-refractivity contribution in [3.05, 3.63) is 53.6 Å². The molecule has 0 aromatic heterocycles. The topological polar surface area (TPSA) is 108 Å². The van der Waals surface area contributed by atoms with Crippen molar-refractivity contribution in [2.24, 2.45) is 0 Å². The smallest absolute Gasteiger partial charge is 0.306 e. The Morgan fingerprint density at radius 1 is 0.935 bits per heavy atom. The third kappa shape index (κ3) is 5.91. The molecule has 1 N–H and O–H groups in total. The van der Waals surface area contributed by atoms with Crippen LogP contribution in [-0.4, -0.2) is 42.8 Å². The molecule has 0 unspecified atom stereocenters. The monoisotopic (exact) mass is 425 g/mol. The van der Waals surface area contributed by atoms with Crippen LogP contribution in [0.4, 0.5) is 5.69 Å². The van der Waals surface area contributed by atoms with Gasteiger partial charge in [0.15, 0.2) is 23.4 Å². The number of nitrogens with one attached hydrogen (secondary N) is 1. The largest absolute Gasteiger partial charge is 0.486 e. The summed E-state index contributed by atoms with van der Waals surface area (Å²) in [5, 5.41) is 2.61. The minimum absolute atomic E-state index is 0.0508. The highest BCUT2D eigenvalue weighted by Crippen LogP contribution is 2.31. The van der Waals surface area contributed by atoms with E-state index >= 15 is 0 Å². The SMILES string of the molecule is CC(=O)Nc1ccc(C(=O)[C@@H](C)OC(=O)CCC(=O)c2ccc3c(c2)OCCO3)cc1. The van der Waals surface area contributed by atoms with Crippen LogP contribution in [0.15, 0.2) is 42.5 Å². The van der Waals surface area contributed by atoms with Crippen molar-refractivity contribution < 1.29 is 33.4 Å². The summed E-state index contributed by atoms with van der Waals surface area (Å²) in [6, 6.07) is 11.2. The summed E-state index contributed by atoms with van der Waals surface area (Å²) in [4.78, 5) is 48.0. The number of fused-ring (bicyclic) bond motifs is 1. The number of carbonyl (C=O) groups excluding carboxylic acids is 4. The fourth-order valence-electron chi connectivity index (χ4n) is 3.04. The maximum Gasteiger partial charge on any atom is 0.306 e. The van der Waals surface area contributed by atoms with Gasteiger partial charge in [0.1, 0.15) is 13.2 Å². The molecule has 0 aliphatic carbocycles. The van der Waals surface area contributed by atoms with Crippen LogP contribution in [0.5, 0.6) is 11.5 Å². The molecular weight excluding hydrogens is 402 g/mol. The molecule has 0 bridgehead atoms. The number of anilines is 1. The molecule has 1 atom stereocenters. The molecule has 1 amide bonds. The highest BCUT2D eigenvalue weighted by molar-refractivity contribution is 6.01. The lowest BCUT2D eigenvalue weighted by Gasteiger charge is -2.18. The van der Waals surface area contributed by atoms with Gasteiger partial charge in [-0.25, -0.2) is 0 Å². The first-order valence-corrected chi connectivity index (χ1v) is 9.87. The summed E-state index contributed by atoms with van der Waals surface area (Å²) in [5.74, 6) is -0.376. The molecule has 0 saturated carbocycles. The lowest BCUT2D eigenvalue weighted by molar-refractivity contribution is -0.146. The van der Waals surface area contributed by atoms with Gasteiger partial charge in [-0.1, -0.05) is 0 Å². The predicted octanol–water partition coefficient (Wildman–Crippen LogP) is 3.19. The molecule has 8 heteroatoms. The number of amides is 1. The summed E-state index contributed by atoms with van der Waals surface area (Å²) in [6.45, 7) is 3.74. The first-order valence-electron chi connectivity index (χ1n) is 9.87. The molecule has 0 saturated heterocycles. The Labute approximate surface area is 179 Å². The van der Waals surface area contributed by atoms with E-state index < -0.39 is 12.1 Å². The van der Waals surface area contributed by atoms with Gasteiger partial charge in [0, 0.05) is 30.2 Å². The molecule has 31 heavy (non-hydrogen) atoms. The van der Waals surface area contributed by atoms with Crippen molar-refractivity contribution in [3.63, 3.8) is 0 Å². The third-order valence-corrected chi connectivity index (χ3v) is 4.59. The zero-order valence-electron chi connectivity index (χ0n) is 17.3. The molecule has 1 aliphatic heterocycles. The standard InChI is InChI=1S/C23H23NO7/c1-14(23(28)16-3-6-18(7-4-16)24-15(2)25)31-22(27)10-8-19(26)17-5-9-20-21(13-17)30-12-11-29-20/h3-7,9,13-14H,8,10-12H2,1-2H3,(H,24,25)/t14-/m1/s1. The number of hydrogen-bond acceptors (Lipinski definition) is 7. The normalized spacial score (nSPS) is 13.1. The van der Waals surface area contributed by atoms with Crippen molar-refractivity contribution in [1.29, 1.82) is 0 Å². The fraction of sp³-hybridized carbons (Fsp3) is 0.304. The quantitative estimate of drug-likeness (QED) is 0.511. The van der Waals surface area contributed by atoms with E-state index in [1.165, 1.54) is 13.8 Å². The number of hydrogen-bond donors (Lipinski definition) is 1. The lowest BCUT2D eigenvalue weighted by Crippen LogP contribution is -2.24. The Hall–Kier alpha value is -3.68. The molecule has 0 spiro atoms. The van der Waals surface area contributed by atoms with Gasteiger partial charge < -0.3 is 19.5 Å². The molecule has 1 heterocycles. The Morgan fingerprint density at radius 2 is 1.58 bits per heavy atom. The van der Waals surface area contributed by atoms with Gasteiger partial charge in [0.05, 0.1) is 6.42 Å². The molecular formula is C23H23NO7. The second-order valence-electron chi connectivity index (χ2n) is 7.04. The van der Waals surface area contributed by atoms with Gasteiger partial charge in [-0.05, 0) is 49.4 Å². The number of esters is 1.